The first-order chi connectivity index (χ1) is 14.5. The van der Waals surface area contributed by atoms with Gasteiger partial charge in [0, 0.05) is 6.54 Å². The maximum absolute atomic E-state index is 12.5. The van der Waals surface area contributed by atoms with Crippen LogP contribution in [0.25, 0.3) is 11.0 Å². The zero-order valence-electron chi connectivity index (χ0n) is 16.8. The van der Waals surface area contributed by atoms with Gasteiger partial charge in [-0.3, -0.25) is 4.84 Å². The lowest BCUT2D eigenvalue weighted by atomic mass is 10.1. The summed E-state index contributed by atoms with van der Waals surface area (Å²) in [5.74, 6) is 0.531. The maximum atomic E-state index is 12.5. The minimum absolute atomic E-state index is 0.101. The third-order valence-electron chi connectivity index (χ3n) is 4.40. The topological polar surface area (TPSA) is 126 Å². The highest BCUT2D eigenvalue weighted by Gasteiger charge is 2.25. The van der Waals surface area contributed by atoms with Crippen molar-refractivity contribution < 1.29 is 27.3 Å². The van der Waals surface area contributed by atoms with Crippen LogP contribution in [-0.4, -0.2) is 33.8 Å². The Hall–Kier alpha value is -2.50. The molecular formula is C20H25N3O6S. The van der Waals surface area contributed by atoms with Crippen LogP contribution >= 0.6 is 0 Å². The second-order valence-corrected chi connectivity index (χ2v) is 8.14. The number of rotatable bonds is 11. The number of nitrogens with one attached hydrogen (secondary N) is 1. The number of benzene rings is 2. The molecule has 0 spiro atoms. The van der Waals surface area contributed by atoms with Crippen LogP contribution in [0.4, 0.5) is 0 Å². The minimum Gasteiger partial charge on any atom is -0.496 e. The molecule has 0 aliphatic rings. The second-order valence-electron chi connectivity index (χ2n) is 6.49. The van der Waals surface area contributed by atoms with E-state index in [1.165, 1.54) is 19.2 Å². The standard InChI is InChI=1S/C20H25N3O6S/c1-3-16(29-23-30(24,25)15-7-5-4-6-8-15)20-19-17(26-2)11-14(13-27-10-9-21)12-18(19)28-22-20/h4-8,11-12,16,23H,3,9-10,13,21H2,1-2H3. The van der Waals surface area contributed by atoms with E-state index in [1.54, 1.807) is 24.3 Å². The molecule has 3 aromatic rings. The number of ether oxygens (including phenoxy) is 2. The van der Waals surface area contributed by atoms with E-state index < -0.39 is 16.1 Å². The number of methoxy groups -OCH3 is 1. The molecule has 0 saturated heterocycles. The lowest BCUT2D eigenvalue weighted by molar-refractivity contribution is 0.0104. The Balaban J connectivity index is 1.85. The molecule has 1 unspecified atom stereocenters. The number of hydrogen-bond acceptors (Lipinski definition) is 8. The average Bonchev–Trinajstić information content (AvgIpc) is 3.18. The van der Waals surface area contributed by atoms with Gasteiger partial charge in [0.2, 0.25) is 0 Å². The molecule has 2 aromatic carbocycles. The highest BCUT2D eigenvalue weighted by atomic mass is 32.2. The SMILES string of the molecule is CCC(ONS(=O)(=O)c1ccccc1)c1noc2cc(COCCN)cc(OC)c12. The summed E-state index contributed by atoms with van der Waals surface area (Å²) in [6.07, 6.45) is -0.235. The Kier molecular flexibility index (Phi) is 7.40. The van der Waals surface area contributed by atoms with Gasteiger partial charge in [-0.25, -0.2) is 8.42 Å². The summed E-state index contributed by atoms with van der Waals surface area (Å²) in [6.45, 7) is 3.07. The van der Waals surface area contributed by atoms with Crippen molar-refractivity contribution in [3.8, 4) is 5.75 Å². The quantitative estimate of drug-likeness (QED) is 0.348. The molecule has 9 nitrogen and oxygen atoms in total. The van der Waals surface area contributed by atoms with E-state index >= 15 is 0 Å². The van der Waals surface area contributed by atoms with Gasteiger partial charge in [0.25, 0.3) is 10.0 Å². The lowest BCUT2D eigenvalue weighted by Gasteiger charge is -2.15. The largest absolute Gasteiger partial charge is 0.496 e. The van der Waals surface area contributed by atoms with Gasteiger partial charge in [0.05, 0.1) is 30.6 Å². The van der Waals surface area contributed by atoms with Crippen molar-refractivity contribution in [1.82, 2.24) is 10.0 Å². The van der Waals surface area contributed by atoms with Crippen LogP contribution in [0.5, 0.6) is 5.75 Å². The van der Waals surface area contributed by atoms with E-state index in [0.29, 0.717) is 48.6 Å². The molecule has 1 heterocycles. The molecule has 3 rings (SSSR count). The van der Waals surface area contributed by atoms with E-state index in [2.05, 4.69) is 10.0 Å². The zero-order valence-corrected chi connectivity index (χ0v) is 17.6. The van der Waals surface area contributed by atoms with Crippen LogP contribution in [0, 0.1) is 0 Å². The van der Waals surface area contributed by atoms with Gasteiger partial charge in [-0.1, -0.05) is 35.2 Å². The molecule has 0 saturated carbocycles. The third kappa shape index (κ3) is 4.97. The van der Waals surface area contributed by atoms with E-state index in [4.69, 9.17) is 24.6 Å². The monoisotopic (exact) mass is 435 g/mol. The number of hydrogen-bond donors (Lipinski definition) is 2. The number of fused-ring (bicyclic) bond motifs is 1. The highest BCUT2D eigenvalue weighted by Crippen LogP contribution is 2.35. The van der Waals surface area contributed by atoms with Crippen molar-refractivity contribution in [2.45, 2.75) is 31.0 Å². The molecule has 3 N–H and O–H groups in total. The summed E-state index contributed by atoms with van der Waals surface area (Å²) < 4.78 is 41.3. The van der Waals surface area contributed by atoms with Gasteiger partial charge < -0.3 is 19.7 Å². The zero-order chi connectivity index (χ0) is 21.6. The van der Waals surface area contributed by atoms with Crippen LogP contribution in [0.3, 0.4) is 0 Å². The van der Waals surface area contributed by atoms with Gasteiger partial charge >= 0.3 is 0 Å². The van der Waals surface area contributed by atoms with Crippen molar-refractivity contribution in [3.05, 3.63) is 53.7 Å². The summed E-state index contributed by atoms with van der Waals surface area (Å²) in [7, 11) is -2.30. The fraction of sp³-hybridized carbons (Fsp3) is 0.350. The molecule has 30 heavy (non-hydrogen) atoms. The number of nitrogens with zero attached hydrogens (tertiary/aromatic N) is 1. The Morgan fingerprint density at radius 2 is 2.00 bits per heavy atom. The number of sulfonamides is 1. The lowest BCUT2D eigenvalue weighted by Crippen LogP contribution is -2.26. The number of aromatic nitrogens is 1. The first-order valence-electron chi connectivity index (χ1n) is 9.46. The number of nitrogens with two attached hydrogens (primary N) is 1. The Bertz CT molecular complexity index is 1070. The van der Waals surface area contributed by atoms with Crippen LogP contribution in [0.15, 0.2) is 51.9 Å². The molecule has 0 bridgehead atoms. The maximum Gasteiger partial charge on any atom is 0.262 e. The highest BCUT2D eigenvalue weighted by molar-refractivity contribution is 7.89. The molecule has 0 radical (unpaired) electrons. The molecule has 0 aliphatic heterocycles. The van der Waals surface area contributed by atoms with Crippen LogP contribution < -0.4 is 15.4 Å². The minimum atomic E-state index is -3.83. The van der Waals surface area contributed by atoms with Crippen LogP contribution in [0.1, 0.15) is 30.7 Å². The second kappa shape index (κ2) is 10.0. The summed E-state index contributed by atoms with van der Waals surface area (Å²) >= 11 is 0. The van der Waals surface area contributed by atoms with Gasteiger partial charge in [-0.2, -0.15) is 0 Å². The normalized spacial score (nSPS) is 12.9. The summed E-state index contributed by atoms with van der Waals surface area (Å²) in [6, 6.07) is 11.6. The van der Waals surface area contributed by atoms with Gasteiger partial charge in [0.1, 0.15) is 17.5 Å². The van der Waals surface area contributed by atoms with E-state index in [9.17, 15) is 8.42 Å². The van der Waals surface area contributed by atoms with Crippen molar-refractivity contribution in [1.29, 1.82) is 0 Å². The Morgan fingerprint density at radius 3 is 2.67 bits per heavy atom. The Morgan fingerprint density at radius 1 is 1.23 bits per heavy atom. The molecule has 162 valence electrons. The molecular weight excluding hydrogens is 410 g/mol. The molecule has 0 fully saturated rings. The van der Waals surface area contributed by atoms with Crippen molar-refractivity contribution in [3.63, 3.8) is 0 Å². The summed E-state index contributed by atoms with van der Waals surface area (Å²) in [5.41, 5.74) is 7.22. The molecule has 0 amide bonds. The summed E-state index contributed by atoms with van der Waals surface area (Å²) in [5, 5.41) is 4.73. The first kappa shape index (κ1) is 22.2. The molecule has 1 aromatic heterocycles. The fourth-order valence-electron chi connectivity index (χ4n) is 2.95. The smallest absolute Gasteiger partial charge is 0.262 e. The predicted octanol–water partition coefficient (Wildman–Crippen LogP) is 2.67. The predicted molar refractivity (Wildman–Crippen MR) is 110 cm³/mol. The molecule has 1 atom stereocenters. The van der Waals surface area contributed by atoms with Gasteiger partial charge in [-0.05, 0) is 36.2 Å². The van der Waals surface area contributed by atoms with E-state index in [0.717, 1.165) is 5.56 Å². The van der Waals surface area contributed by atoms with E-state index in [1.807, 2.05) is 13.0 Å². The van der Waals surface area contributed by atoms with Crippen LogP contribution in [-0.2, 0) is 26.2 Å². The van der Waals surface area contributed by atoms with Gasteiger partial charge in [0.15, 0.2) is 5.58 Å². The van der Waals surface area contributed by atoms with Crippen LogP contribution in [0.2, 0.25) is 0 Å². The van der Waals surface area contributed by atoms with Gasteiger partial charge in [-0.15, -0.1) is 0 Å². The fourth-order valence-corrected chi connectivity index (χ4v) is 3.81. The molecule has 0 aliphatic carbocycles. The average molecular weight is 436 g/mol. The third-order valence-corrected chi connectivity index (χ3v) is 5.61. The van der Waals surface area contributed by atoms with Crippen molar-refractivity contribution in [2.75, 3.05) is 20.3 Å². The van der Waals surface area contributed by atoms with Crippen molar-refractivity contribution in [2.24, 2.45) is 5.73 Å². The van der Waals surface area contributed by atoms with Crippen molar-refractivity contribution >= 4 is 21.0 Å². The van der Waals surface area contributed by atoms with E-state index in [-0.39, 0.29) is 4.90 Å². The summed E-state index contributed by atoms with van der Waals surface area (Å²) in [4.78, 5) is 7.80. The first-order valence-corrected chi connectivity index (χ1v) is 10.9. The Labute approximate surface area is 175 Å². The molecule has 10 heteroatoms.